The lowest BCUT2D eigenvalue weighted by atomic mass is 10.2. The minimum atomic E-state index is -0.191. The van der Waals surface area contributed by atoms with Gasteiger partial charge in [0.25, 0.3) is 5.91 Å². The number of halogens is 1. The summed E-state index contributed by atoms with van der Waals surface area (Å²) in [5.41, 5.74) is 1.42. The van der Waals surface area contributed by atoms with E-state index in [0.717, 1.165) is 5.56 Å². The minimum absolute atomic E-state index is 0.191. The molecule has 0 aliphatic carbocycles. The van der Waals surface area contributed by atoms with Gasteiger partial charge in [0.2, 0.25) is 0 Å². The molecule has 1 N–H and O–H groups in total. The number of nitrogens with zero attached hydrogens (tertiary/aromatic N) is 2. The average Bonchev–Trinajstić information content (AvgIpc) is 2.86. The maximum Gasteiger partial charge on any atom is 0.270 e. The number of hydrogen-bond donors (Lipinski definition) is 1. The molecule has 1 aromatic heterocycles. The SMILES string of the molecule is CCOc1ccc(CNC(=O)c2c(Br)cnn2C)cc1OCC. The van der Waals surface area contributed by atoms with Crippen molar-refractivity contribution in [1.29, 1.82) is 0 Å². The van der Waals surface area contributed by atoms with Gasteiger partial charge in [-0.25, -0.2) is 0 Å². The number of rotatable bonds is 7. The number of ether oxygens (including phenoxy) is 2. The first-order chi connectivity index (χ1) is 11.1. The summed E-state index contributed by atoms with van der Waals surface area (Å²) >= 11 is 3.32. The van der Waals surface area contributed by atoms with Crippen LogP contribution in [0.1, 0.15) is 29.9 Å². The van der Waals surface area contributed by atoms with Gasteiger partial charge in [-0.3, -0.25) is 9.48 Å². The van der Waals surface area contributed by atoms with Gasteiger partial charge in [-0.2, -0.15) is 5.10 Å². The second kappa shape index (κ2) is 8.01. The number of hydrogen-bond acceptors (Lipinski definition) is 4. The van der Waals surface area contributed by atoms with Crippen molar-refractivity contribution in [1.82, 2.24) is 15.1 Å². The highest BCUT2D eigenvalue weighted by molar-refractivity contribution is 9.10. The van der Waals surface area contributed by atoms with E-state index < -0.39 is 0 Å². The summed E-state index contributed by atoms with van der Waals surface area (Å²) in [6, 6.07) is 5.65. The van der Waals surface area contributed by atoms with Crippen molar-refractivity contribution in [3.05, 3.63) is 40.1 Å². The first-order valence-electron chi connectivity index (χ1n) is 7.41. The molecule has 0 atom stereocenters. The number of carbonyl (C=O) groups is 1. The van der Waals surface area contributed by atoms with E-state index in [2.05, 4.69) is 26.3 Å². The van der Waals surface area contributed by atoms with Crippen molar-refractivity contribution < 1.29 is 14.3 Å². The van der Waals surface area contributed by atoms with Gasteiger partial charge in [-0.05, 0) is 47.5 Å². The molecule has 0 saturated carbocycles. The van der Waals surface area contributed by atoms with Crippen molar-refractivity contribution in [2.24, 2.45) is 7.05 Å². The third-order valence-electron chi connectivity index (χ3n) is 3.17. The maximum absolute atomic E-state index is 12.2. The van der Waals surface area contributed by atoms with Gasteiger partial charge >= 0.3 is 0 Å². The zero-order valence-electron chi connectivity index (χ0n) is 13.4. The monoisotopic (exact) mass is 381 g/mol. The Morgan fingerprint density at radius 3 is 2.57 bits per heavy atom. The predicted molar refractivity (Wildman–Crippen MR) is 90.9 cm³/mol. The molecule has 6 nitrogen and oxygen atoms in total. The molecule has 1 heterocycles. The number of aromatic nitrogens is 2. The third-order valence-corrected chi connectivity index (χ3v) is 3.75. The van der Waals surface area contributed by atoms with Crippen LogP contribution in [0.3, 0.4) is 0 Å². The summed E-state index contributed by atoms with van der Waals surface area (Å²) < 4.78 is 13.3. The lowest BCUT2D eigenvalue weighted by molar-refractivity contribution is 0.0940. The van der Waals surface area contributed by atoms with E-state index in [1.54, 1.807) is 13.2 Å². The molecule has 0 radical (unpaired) electrons. The van der Waals surface area contributed by atoms with Gasteiger partial charge < -0.3 is 14.8 Å². The van der Waals surface area contributed by atoms with E-state index >= 15 is 0 Å². The van der Waals surface area contributed by atoms with E-state index in [1.807, 2.05) is 32.0 Å². The first-order valence-corrected chi connectivity index (χ1v) is 8.20. The van der Waals surface area contributed by atoms with Crippen LogP contribution in [-0.4, -0.2) is 28.9 Å². The molecule has 1 amide bonds. The molecule has 0 aliphatic heterocycles. The van der Waals surface area contributed by atoms with E-state index in [4.69, 9.17) is 9.47 Å². The first kappa shape index (κ1) is 17.3. The van der Waals surface area contributed by atoms with Crippen molar-refractivity contribution in [2.45, 2.75) is 20.4 Å². The van der Waals surface area contributed by atoms with Crippen LogP contribution >= 0.6 is 15.9 Å². The van der Waals surface area contributed by atoms with Crippen LogP contribution in [0.4, 0.5) is 0 Å². The van der Waals surface area contributed by atoms with Gasteiger partial charge in [-0.1, -0.05) is 6.07 Å². The summed E-state index contributed by atoms with van der Waals surface area (Å²) in [5.74, 6) is 1.20. The lowest BCUT2D eigenvalue weighted by Crippen LogP contribution is -2.25. The van der Waals surface area contributed by atoms with Crippen LogP contribution in [0, 0.1) is 0 Å². The molecule has 1 aromatic carbocycles. The Hall–Kier alpha value is -2.02. The van der Waals surface area contributed by atoms with Crippen LogP contribution in [0.15, 0.2) is 28.9 Å². The van der Waals surface area contributed by atoms with Crippen molar-refractivity contribution in [3.63, 3.8) is 0 Å². The number of carbonyl (C=O) groups excluding carboxylic acids is 1. The van der Waals surface area contributed by atoms with Crippen LogP contribution < -0.4 is 14.8 Å². The molecular weight excluding hydrogens is 362 g/mol. The molecule has 0 unspecified atom stereocenters. The van der Waals surface area contributed by atoms with Crippen LogP contribution in [-0.2, 0) is 13.6 Å². The topological polar surface area (TPSA) is 65.4 Å². The van der Waals surface area contributed by atoms with Crippen molar-refractivity contribution in [3.8, 4) is 11.5 Å². The normalized spacial score (nSPS) is 10.4. The highest BCUT2D eigenvalue weighted by Crippen LogP contribution is 2.28. The van der Waals surface area contributed by atoms with Gasteiger partial charge in [0, 0.05) is 13.6 Å². The van der Waals surface area contributed by atoms with Gasteiger partial charge in [0.15, 0.2) is 11.5 Å². The summed E-state index contributed by atoms with van der Waals surface area (Å²) in [6.45, 7) is 5.37. The molecule has 124 valence electrons. The molecule has 2 aromatic rings. The Bertz CT molecular complexity index is 666. The van der Waals surface area contributed by atoms with E-state index in [9.17, 15) is 4.79 Å². The molecular formula is C16H20BrN3O3. The smallest absolute Gasteiger partial charge is 0.270 e. The summed E-state index contributed by atoms with van der Waals surface area (Å²) in [4.78, 5) is 12.2. The van der Waals surface area contributed by atoms with Gasteiger partial charge in [0.05, 0.1) is 23.9 Å². The molecule has 23 heavy (non-hydrogen) atoms. The summed E-state index contributed by atoms with van der Waals surface area (Å²) in [5, 5.41) is 6.91. The number of aryl methyl sites for hydroxylation is 1. The number of nitrogens with one attached hydrogen (secondary N) is 1. The van der Waals surface area contributed by atoms with Crippen molar-refractivity contribution >= 4 is 21.8 Å². The maximum atomic E-state index is 12.2. The average molecular weight is 382 g/mol. The fourth-order valence-electron chi connectivity index (χ4n) is 2.14. The van der Waals surface area contributed by atoms with Crippen molar-refractivity contribution in [2.75, 3.05) is 13.2 Å². The molecule has 0 aliphatic rings. The second-order valence-electron chi connectivity index (χ2n) is 4.79. The fraction of sp³-hybridized carbons (Fsp3) is 0.375. The number of benzene rings is 1. The third kappa shape index (κ3) is 4.25. The molecule has 7 heteroatoms. The second-order valence-corrected chi connectivity index (χ2v) is 5.65. The zero-order valence-corrected chi connectivity index (χ0v) is 15.0. The van der Waals surface area contributed by atoms with Crippen LogP contribution in [0.25, 0.3) is 0 Å². The Morgan fingerprint density at radius 1 is 1.26 bits per heavy atom. The molecule has 2 rings (SSSR count). The fourth-order valence-corrected chi connectivity index (χ4v) is 2.67. The van der Waals surface area contributed by atoms with E-state index in [0.29, 0.717) is 41.4 Å². The Kier molecular flexibility index (Phi) is 6.04. The van der Waals surface area contributed by atoms with Crippen LogP contribution in [0.5, 0.6) is 11.5 Å². The molecule has 0 bridgehead atoms. The zero-order chi connectivity index (χ0) is 16.8. The van der Waals surface area contributed by atoms with Gasteiger partial charge in [-0.15, -0.1) is 0 Å². The quantitative estimate of drug-likeness (QED) is 0.800. The van der Waals surface area contributed by atoms with Crippen LogP contribution in [0.2, 0.25) is 0 Å². The number of amides is 1. The molecule has 0 saturated heterocycles. The minimum Gasteiger partial charge on any atom is -0.490 e. The Labute approximate surface area is 143 Å². The van der Waals surface area contributed by atoms with E-state index in [1.165, 1.54) is 4.68 Å². The molecule has 0 fully saturated rings. The predicted octanol–water partition coefficient (Wildman–Crippen LogP) is 2.91. The Morgan fingerprint density at radius 2 is 1.96 bits per heavy atom. The highest BCUT2D eigenvalue weighted by Gasteiger charge is 2.15. The largest absolute Gasteiger partial charge is 0.490 e. The highest BCUT2D eigenvalue weighted by atomic mass is 79.9. The van der Waals surface area contributed by atoms with E-state index in [-0.39, 0.29) is 5.91 Å². The van der Waals surface area contributed by atoms with Gasteiger partial charge in [0.1, 0.15) is 5.69 Å². The summed E-state index contributed by atoms with van der Waals surface area (Å²) in [6.07, 6.45) is 1.60. The molecule has 0 spiro atoms. The standard InChI is InChI=1S/C16H20BrN3O3/c1-4-22-13-7-6-11(8-14(13)23-5-2)9-18-16(21)15-12(17)10-19-20(15)3/h6-8,10H,4-5,9H2,1-3H3,(H,18,21). The lowest BCUT2D eigenvalue weighted by Gasteiger charge is -2.13. The Balaban J connectivity index is 2.08. The summed E-state index contributed by atoms with van der Waals surface area (Å²) in [7, 11) is 1.73.